The molecule has 0 saturated heterocycles. The molecular formula is C15H13FO. The standard InChI is InChI=1S/C15H13FO/c1-11-3-2-4-15(16)14(11)9-12-5-7-13(10-17)8-6-12/h2-8,10H,9H2,1H3. The Hall–Kier alpha value is -1.96. The maximum atomic E-state index is 13.6. The Kier molecular flexibility index (Phi) is 3.33. The van der Waals surface area contributed by atoms with E-state index in [9.17, 15) is 9.18 Å². The molecule has 0 bridgehead atoms. The number of rotatable bonds is 3. The first-order chi connectivity index (χ1) is 8.20. The lowest BCUT2D eigenvalue weighted by Crippen LogP contribution is -1.96. The summed E-state index contributed by atoms with van der Waals surface area (Å²) in [5.74, 6) is -0.176. The van der Waals surface area contributed by atoms with Gasteiger partial charge in [-0.2, -0.15) is 0 Å². The van der Waals surface area contributed by atoms with Gasteiger partial charge in [0.2, 0.25) is 0 Å². The highest BCUT2D eigenvalue weighted by Crippen LogP contribution is 2.17. The van der Waals surface area contributed by atoms with Crippen molar-refractivity contribution < 1.29 is 9.18 Å². The van der Waals surface area contributed by atoms with E-state index in [1.165, 1.54) is 6.07 Å². The van der Waals surface area contributed by atoms with E-state index in [1.54, 1.807) is 18.2 Å². The Morgan fingerprint density at radius 2 is 1.82 bits per heavy atom. The van der Waals surface area contributed by atoms with Crippen molar-refractivity contribution >= 4 is 6.29 Å². The van der Waals surface area contributed by atoms with Gasteiger partial charge in [0.25, 0.3) is 0 Å². The molecule has 86 valence electrons. The van der Waals surface area contributed by atoms with Crippen LogP contribution < -0.4 is 0 Å². The second-order valence-corrected chi connectivity index (χ2v) is 4.07. The van der Waals surface area contributed by atoms with E-state index in [0.717, 1.165) is 17.4 Å². The third kappa shape index (κ3) is 2.59. The lowest BCUT2D eigenvalue weighted by molar-refractivity contribution is 0.112. The zero-order chi connectivity index (χ0) is 12.3. The van der Waals surface area contributed by atoms with Gasteiger partial charge in [-0.05, 0) is 29.7 Å². The molecule has 0 aliphatic heterocycles. The van der Waals surface area contributed by atoms with Crippen molar-refractivity contribution in [1.29, 1.82) is 0 Å². The van der Waals surface area contributed by atoms with E-state index >= 15 is 0 Å². The van der Waals surface area contributed by atoms with E-state index in [2.05, 4.69) is 0 Å². The molecule has 2 heteroatoms. The van der Waals surface area contributed by atoms with Crippen molar-refractivity contribution in [1.82, 2.24) is 0 Å². The minimum Gasteiger partial charge on any atom is -0.298 e. The number of benzene rings is 2. The predicted octanol–water partition coefficient (Wildman–Crippen LogP) is 3.54. The highest BCUT2D eigenvalue weighted by molar-refractivity contribution is 5.74. The zero-order valence-corrected chi connectivity index (χ0v) is 9.61. The molecule has 2 aromatic carbocycles. The Balaban J connectivity index is 2.28. The monoisotopic (exact) mass is 228 g/mol. The van der Waals surface area contributed by atoms with Crippen molar-refractivity contribution in [3.05, 3.63) is 70.5 Å². The van der Waals surface area contributed by atoms with Gasteiger partial charge in [-0.1, -0.05) is 36.4 Å². The number of hydrogen-bond donors (Lipinski definition) is 0. The van der Waals surface area contributed by atoms with E-state index in [4.69, 9.17) is 0 Å². The van der Waals surface area contributed by atoms with Gasteiger partial charge < -0.3 is 0 Å². The van der Waals surface area contributed by atoms with Crippen LogP contribution in [0.25, 0.3) is 0 Å². The van der Waals surface area contributed by atoms with Crippen molar-refractivity contribution in [2.45, 2.75) is 13.3 Å². The molecule has 0 atom stereocenters. The van der Waals surface area contributed by atoms with Gasteiger partial charge in [-0.15, -0.1) is 0 Å². The summed E-state index contributed by atoms with van der Waals surface area (Å²) in [4.78, 5) is 10.5. The summed E-state index contributed by atoms with van der Waals surface area (Å²) >= 11 is 0. The molecule has 0 amide bonds. The van der Waals surface area contributed by atoms with Gasteiger partial charge in [-0.25, -0.2) is 4.39 Å². The molecule has 0 spiro atoms. The van der Waals surface area contributed by atoms with Crippen molar-refractivity contribution in [2.75, 3.05) is 0 Å². The van der Waals surface area contributed by atoms with Gasteiger partial charge in [0.15, 0.2) is 0 Å². The summed E-state index contributed by atoms with van der Waals surface area (Å²) < 4.78 is 13.6. The van der Waals surface area contributed by atoms with Gasteiger partial charge in [0.1, 0.15) is 12.1 Å². The van der Waals surface area contributed by atoms with Crippen LogP contribution in [0, 0.1) is 12.7 Å². The fourth-order valence-corrected chi connectivity index (χ4v) is 1.81. The molecule has 1 nitrogen and oxygen atoms in total. The molecule has 0 aliphatic carbocycles. The summed E-state index contributed by atoms with van der Waals surface area (Å²) in [5.41, 5.74) is 3.30. The van der Waals surface area contributed by atoms with E-state index in [0.29, 0.717) is 17.5 Å². The molecular weight excluding hydrogens is 215 g/mol. The SMILES string of the molecule is Cc1cccc(F)c1Cc1ccc(C=O)cc1. The van der Waals surface area contributed by atoms with Gasteiger partial charge >= 0.3 is 0 Å². The molecule has 0 radical (unpaired) electrons. The van der Waals surface area contributed by atoms with Crippen molar-refractivity contribution in [2.24, 2.45) is 0 Å². The summed E-state index contributed by atoms with van der Waals surface area (Å²) in [7, 11) is 0. The number of hydrogen-bond acceptors (Lipinski definition) is 1. The lowest BCUT2D eigenvalue weighted by atomic mass is 9.99. The molecule has 0 heterocycles. The van der Waals surface area contributed by atoms with Crippen LogP contribution in [0.3, 0.4) is 0 Å². The molecule has 0 aromatic heterocycles. The second kappa shape index (κ2) is 4.91. The summed E-state index contributed by atoms with van der Waals surface area (Å²) in [6, 6.07) is 12.3. The summed E-state index contributed by atoms with van der Waals surface area (Å²) in [5, 5.41) is 0. The fraction of sp³-hybridized carbons (Fsp3) is 0.133. The number of halogens is 1. The molecule has 0 saturated carbocycles. The van der Waals surface area contributed by atoms with Crippen LogP contribution in [0.5, 0.6) is 0 Å². The molecule has 0 fully saturated rings. The Morgan fingerprint density at radius 1 is 1.12 bits per heavy atom. The van der Waals surface area contributed by atoms with Crippen molar-refractivity contribution in [3.8, 4) is 0 Å². The van der Waals surface area contributed by atoms with E-state index < -0.39 is 0 Å². The average Bonchev–Trinajstić information content (AvgIpc) is 2.35. The third-order valence-corrected chi connectivity index (χ3v) is 2.85. The predicted molar refractivity (Wildman–Crippen MR) is 65.8 cm³/mol. The highest BCUT2D eigenvalue weighted by atomic mass is 19.1. The van der Waals surface area contributed by atoms with Gasteiger partial charge in [0, 0.05) is 12.0 Å². The van der Waals surface area contributed by atoms with E-state index in [-0.39, 0.29) is 5.82 Å². The topological polar surface area (TPSA) is 17.1 Å². The summed E-state index contributed by atoms with van der Waals surface area (Å²) in [6.45, 7) is 1.90. The van der Waals surface area contributed by atoms with Crippen LogP contribution in [0.15, 0.2) is 42.5 Å². The van der Waals surface area contributed by atoms with Crippen LogP contribution in [-0.2, 0) is 6.42 Å². The maximum Gasteiger partial charge on any atom is 0.150 e. The molecule has 0 N–H and O–H groups in total. The van der Waals surface area contributed by atoms with Crippen LogP contribution in [0.1, 0.15) is 27.0 Å². The molecule has 2 aromatic rings. The van der Waals surface area contributed by atoms with Crippen LogP contribution in [-0.4, -0.2) is 6.29 Å². The smallest absolute Gasteiger partial charge is 0.150 e. The van der Waals surface area contributed by atoms with Crippen molar-refractivity contribution in [3.63, 3.8) is 0 Å². The van der Waals surface area contributed by atoms with E-state index in [1.807, 2.05) is 25.1 Å². The number of carbonyl (C=O) groups is 1. The lowest BCUT2D eigenvalue weighted by Gasteiger charge is -2.07. The van der Waals surface area contributed by atoms with Crippen LogP contribution >= 0.6 is 0 Å². The zero-order valence-electron chi connectivity index (χ0n) is 9.61. The first kappa shape index (κ1) is 11.5. The number of carbonyl (C=O) groups excluding carboxylic acids is 1. The van der Waals surface area contributed by atoms with Crippen LogP contribution in [0.4, 0.5) is 4.39 Å². The third-order valence-electron chi connectivity index (χ3n) is 2.85. The minimum absolute atomic E-state index is 0.176. The quantitative estimate of drug-likeness (QED) is 0.734. The number of aldehydes is 1. The summed E-state index contributed by atoms with van der Waals surface area (Å²) in [6.07, 6.45) is 1.36. The minimum atomic E-state index is -0.176. The Morgan fingerprint density at radius 3 is 2.41 bits per heavy atom. The fourth-order valence-electron chi connectivity index (χ4n) is 1.81. The molecule has 17 heavy (non-hydrogen) atoms. The molecule has 0 aliphatic rings. The first-order valence-electron chi connectivity index (χ1n) is 5.49. The highest BCUT2D eigenvalue weighted by Gasteiger charge is 2.06. The number of aryl methyl sites for hydroxylation is 1. The normalized spacial score (nSPS) is 10.2. The van der Waals surface area contributed by atoms with Crippen LogP contribution in [0.2, 0.25) is 0 Å². The molecule has 0 unspecified atom stereocenters. The Labute approximate surface area is 99.9 Å². The molecule has 2 rings (SSSR count). The average molecular weight is 228 g/mol. The Bertz CT molecular complexity index is 509. The first-order valence-corrected chi connectivity index (χ1v) is 5.49. The largest absolute Gasteiger partial charge is 0.298 e. The van der Waals surface area contributed by atoms with Gasteiger partial charge in [0.05, 0.1) is 0 Å². The maximum absolute atomic E-state index is 13.6. The van der Waals surface area contributed by atoms with Gasteiger partial charge in [-0.3, -0.25) is 4.79 Å². The second-order valence-electron chi connectivity index (χ2n) is 4.07.